The highest BCUT2D eigenvalue weighted by atomic mass is 79.9. The number of carbonyl (C=O) groups excluding carboxylic acids is 1. The lowest BCUT2D eigenvalue weighted by molar-refractivity contribution is -0.146. The fraction of sp³-hybridized carbons (Fsp3) is 0.364. The Morgan fingerprint density at radius 1 is 1.60 bits per heavy atom. The first kappa shape index (κ1) is 12.2. The summed E-state index contributed by atoms with van der Waals surface area (Å²) in [6.45, 7) is 2.12. The molecule has 0 aromatic heterocycles. The van der Waals surface area contributed by atoms with Crippen LogP contribution in [0.15, 0.2) is 28.7 Å². The minimum Gasteiger partial charge on any atom is -0.460 e. The third-order valence-electron chi connectivity index (χ3n) is 2.01. The topological polar surface area (TPSA) is 52.3 Å². The summed E-state index contributed by atoms with van der Waals surface area (Å²) in [6.07, 6.45) is 0.595. The number of halogens is 1. The molecule has 4 heteroatoms. The number of hydrogen-bond acceptors (Lipinski definition) is 3. The van der Waals surface area contributed by atoms with Crippen LogP contribution in [0.4, 0.5) is 0 Å². The summed E-state index contributed by atoms with van der Waals surface area (Å²) in [7, 11) is 0. The van der Waals surface area contributed by atoms with Crippen molar-refractivity contribution in [3.63, 3.8) is 0 Å². The highest BCUT2D eigenvalue weighted by Crippen LogP contribution is 2.12. The highest BCUT2D eigenvalue weighted by molar-refractivity contribution is 9.10. The van der Waals surface area contributed by atoms with E-state index in [0.29, 0.717) is 6.42 Å². The lowest BCUT2D eigenvalue weighted by atomic mass is 10.2. The summed E-state index contributed by atoms with van der Waals surface area (Å²) >= 11 is 3.35. The molecular formula is C11H14BrNO2. The van der Waals surface area contributed by atoms with Crippen molar-refractivity contribution in [3.8, 4) is 0 Å². The van der Waals surface area contributed by atoms with Crippen LogP contribution in [-0.2, 0) is 16.1 Å². The van der Waals surface area contributed by atoms with Crippen molar-refractivity contribution >= 4 is 21.9 Å². The Balaban J connectivity index is 2.47. The Morgan fingerprint density at radius 2 is 2.33 bits per heavy atom. The van der Waals surface area contributed by atoms with Crippen molar-refractivity contribution < 1.29 is 9.53 Å². The van der Waals surface area contributed by atoms with Gasteiger partial charge in [0, 0.05) is 4.47 Å². The zero-order valence-electron chi connectivity index (χ0n) is 8.57. The minimum absolute atomic E-state index is 0.270. The standard InChI is InChI=1S/C11H14BrNO2/c1-2-10(13)11(14)15-7-8-4-3-5-9(12)6-8/h3-6,10H,2,7,13H2,1H3/t10-/m0/s1. The van der Waals surface area contributed by atoms with Crippen molar-refractivity contribution in [1.82, 2.24) is 0 Å². The average Bonchev–Trinajstić information content (AvgIpc) is 2.25. The number of esters is 1. The Morgan fingerprint density at radius 3 is 2.93 bits per heavy atom. The van der Waals surface area contributed by atoms with Gasteiger partial charge in [0.25, 0.3) is 0 Å². The molecule has 0 heterocycles. The van der Waals surface area contributed by atoms with E-state index >= 15 is 0 Å². The second-order valence-corrected chi connectivity index (χ2v) is 4.17. The molecule has 0 aliphatic carbocycles. The predicted octanol–water partition coefficient (Wildman–Crippen LogP) is 2.23. The number of hydrogen-bond donors (Lipinski definition) is 1. The van der Waals surface area contributed by atoms with E-state index in [2.05, 4.69) is 15.9 Å². The molecule has 82 valence electrons. The molecule has 0 unspecified atom stereocenters. The Labute approximate surface area is 97.7 Å². The second-order valence-electron chi connectivity index (χ2n) is 3.25. The first-order valence-electron chi connectivity index (χ1n) is 4.80. The lowest BCUT2D eigenvalue weighted by Crippen LogP contribution is -2.31. The molecule has 2 N–H and O–H groups in total. The van der Waals surface area contributed by atoms with Crippen molar-refractivity contribution in [3.05, 3.63) is 34.3 Å². The number of carbonyl (C=O) groups is 1. The zero-order valence-corrected chi connectivity index (χ0v) is 10.2. The zero-order chi connectivity index (χ0) is 11.3. The van der Waals surface area contributed by atoms with Crippen molar-refractivity contribution in [1.29, 1.82) is 0 Å². The van der Waals surface area contributed by atoms with Gasteiger partial charge in [-0.3, -0.25) is 4.79 Å². The average molecular weight is 272 g/mol. The Kier molecular flexibility index (Phi) is 4.78. The van der Waals surface area contributed by atoms with E-state index in [1.165, 1.54) is 0 Å². The van der Waals surface area contributed by atoms with Gasteiger partial charge in [0.1, 0.15) is 12.6 Å². The summed E-state index contributed by atoms with van der Waals surface area (Å²) in [6, 6.07) is 7.10. The molecule has 0 saturated heterocycles. The molecule has 1 atom stereocenters. The molecule has 0 fully saturated rings. The van der Waals surface area contributed by atoms with Crippen molar-refractivity contribution in [2.24, 2.45) is 5.73 Å². The Hall–Kier alpha value is -0.870. The van der Waals surface area contributed by atoms with Crippen LogP contribution in [0.2, 0.25) is 0 Å². The molecule has 15 heavy (non-hydrogen) atoms. The maximum absolute atomic E-state index is 11.3. The molecule has 1 aromatic rings. The van der Waals surface area contributed by atoms with Gasteiger partial charge in [0.2, 0.25) is 0 Å². The van der Waals surface area contributed by atoms with Crippen LogP contribution >= 0.6 is 15.9 Å². The number of rotatable bonds is 4. The van der Waals surface area contributed by atoms with Gasteiger partial charge in [-0.1, -0.05) is 35.0 Å². The van der Waals surface area contributed by atoms with Crippen LogP contribution < -0.4 is 5.73 Å². The third kappa shape index (κ3) is 4.01. The molecule has 0 aliphatic heterocycles. The van der Waals surface area contributed by atoms with Crippen molar-refractivity contribution in [2.75, 3.05) is 0 Å². The second kappa shape index (κ2) is 5.88. The summed E-state index contributed by atoms with van der Waals surface area (Å²) in [5.74, 6) is -0.350. The number of nitrogens with two attached hydrogens (primary N) is 1. The minimum atomic E-state index is -0.517. The molecule has 0 saturated carbocycles. The van der Waals surface area contributed by atoms with E-state index in [4.69, 9.17) is 10.5 Å². The van der Waals surface area contributed by atoms with E-state index in [0.717, 1.165) is 10.0 Å². The summed E-state index contributed by atoms with van der Waals surface area (Å²) in [4.78, 5) is 11.3. The van der Waals surface area contributed by atoms with Crippen LogP contribution in [0.5, 0.6) is 0 Å². The van der Waals surface area contributed by atoms with Crippen LogP contribution in [0.3, 0.4) is 0 Å². The SMILES string of the molecule is CC[C@H](N)C(=O)OCc1cccc(Br)c1. The summed E-state index contributed by atoms with van der Waals surface area (Å²) in [5, 5.41) is 0. The van der Waals surface area contributed by atoms with Gasteiger partial charge in [-0.05, 0) is 24.1 Å². The molecule has 0 aliphatic rings. The predicted molar refractivity (Wildman–Crippen MR) is 62.2 cm³/mol. The van der Waals surface area contributed by atoms with E-state index in [1.807, 2.05) is 31.2 Å². The van der Waals surface area contributed by atoms with E-state index < -0.39 is 6.04 Å². The Bertz CT molecular complexity index is 341. The number of ether oxygens (including phenoxy) is 1. The normalized spacial score (nSPS) is 12.2. The molecule has 1 aromatic carbocycles. The fourth-order valence-electron chi connectivity index (χ4n) is 1.05. The van der Waals surface area contributed by atoms with Crippen LogP contribution in [0, 0.1) is 0 Å². The van der Waals surface area contributed by atoms with Gasteiger partial charge < -0.3 is 10.5 Å². The molecule has 0 spiro atoms. The van der Waals surface area contributed by atoms with Crippen LogP contribution in [-0.4, -0.2) is 12.0 Å². The molecule has 0 bridgehead atoms. The summed E-state index contributed by atoms with van der Waals surface area (Å²) < 4.78 is 6.02. The van der Waals surface area contributed by atoms with Gasteiger partial charge in [-0.2, -0.15) is 0 Å². The van der Waals surface area contributed by atoms with E-state index in [9.17, 15) is 4.79 Å². The third-order valence-corrected chi connectivity index (χ3v) is 2.51. The first-order chi connectivity index (χ1) is 7.13. The van der Waals surface area contributed by atoms with Gasteiger partial charge in [-0.15, -0.1) is 0 Å². The van der Waals surface area contributed by atoms with Crippen molar-refractivity contribution in [2.45, 2.75) is 26.0 Å². The monoisotopic (exact) mass is 271 g/mol. The molecule has 1 rings (SSSR count). The maximum atomic E-state index is 11.3. The van der Waals surface area contributed by atoms with Gasteiger partial charge in [0.15, 0.2) is 0 Å². The molecule has 3 nitrogen and oxygen atoms in total. The summed E-state index contributed by atoms with van der Waals surface area (Å²) in [5.41, 5.74) is 6.47. The molecule has 0 amide bonds. The number of benzene rings is 1. The van der Waals surface area contributed by atoms with Crippen LogP contribution in [0.1, 0.15) is 18.9 Å². The van der Waals surface area contributed by atoms with Gasteiger partial charge in [-0.25, -0.2) is 0 Å². The smallest absolute Gasteiger partial charge is 0.323 e. The van der Waals surface area contributed by atoms with Gasteiger partial charge >= 0.3 is 5.97 Å². The highest BCUT2D eigenvalue weighted by Gasteiger charge is 2.12. The quantitative estimate of drug-likeness (QED) is 0.855. The van der Waals surface area contributed by atoms with E-state index in [1.54, 1.807) is 0 Å². The van der Waals surface area contributed by atoms with E-state index in [-0.39, 0.29) is 12.6 Å². The molecular weight excluding hydrogens is 258 g/mol. The fourth-order valence-corrected chi connectivity index (χ4v) is 1.50. The van der Waals surface area contributed by atoms with Gasteiger partial charge in [0.05, 0.1) is 0 Å². The maximum Gasteiger partial charge on any atom is 0.323 e. The molecule has 0 radical (unpaired) electrons. The lowest BCUT2D eigenvalue weighted by Gasteiger charge is -2.09. The largest absolute Gasteiger partial charge is 0.460 e. The first-order valence-corrected chi connectivity index (χ1v) is 5.59. The van der Waals surface area contributed by atoms with Crippen LogP contribution in [0.25, 0.3) is 0 Å².